The number of amides is 1. The fourth-order valence-electron chi connectivity index (χ4n) is 3.76. The van der Waals surface area contributed by atoms with Gasteiger partial charge in [-0.2, -0.15) is 18.3 Å². The van der Waals surface area contributed by atoms with Gasteiger partial charge < -0.3 is 10.6 Å². The van der Waals surface area contributed by atoms with E-state index in [-0.39, 0.29) is 24.4 Å². The third-order valence-corrected chi connectivity index (χ3v) is 5.06. The van der Waals surface area contributed by atoms with Gasteiger partial charge in [0.25, 0.3) is 5.91 Å². The Labute approximate surface area is 160 Å². The summed E-state index contributed by atoms with van der Waals surface area (Å²) in [6, 6.07) is 5.03. The van der Waals surface area contributed by atoms with Crippen molar-refractivity contribution in [3.05, 3.63) is 46.8 Å². The second kappa shape index (κ2) is 7.16. The maximum atomic E-state index is 13.0. The number of fused-ring (bicyclic) bond motifs is 1. The van der Waals surface area contributed by atoms with Crippen molar-refractivity contribution < 1.29 is 18.0 Å². The maximum Gasteiger partial charge on any atom is 0.416 e. The number of benzene rings is 1. The van der Waals surface area contributed by atoms with Crippen LogP contribution in [0.25, 0.3) is 5.69 Å². The molecule has 1 aromatic carbocycles. The number of carbonyl (C=O) groups excluding carboxylic acids is 1. The van der Waals surface area contributed by atoms with Crippen LogP contribution >= 0.6 is 12.4 Å². The average molecular weight is 401 g/mol. The van der Waals surface area contributed by atoms with E-state index in [0.717, 1.165) is 42.7 Å². The van der Waals surface area contributed by atoms with Gasteiger partial charge in [-0.3, -0.25) is 4.79 Å². The van der Waals surface area contributed by atoms with E-state index in [2.05, 4.69) is 5.10 Å². The second-order valence-corrected chi connectivity index (χ2v) is 6.89. The Hall–Kier alpha value is -2.06. The van der Waals surface area contributed by atoms with Gasteiger partial charge in [-0.15, -0.1) is 12.4 Å². The summed E-state index contributed by atoms with van der Waals surface area (Å²) >= 11 is 0. The molecule has 1 fully saturated rings. The Morgan fingerprint density at radius 1 is 1.26 bits per heavy atom. The largest absolute Gasteiger partial charge is 0.416 e. The molecule has 146 valence electrons. The first-order valence-electron chi connectivity index (χ1n) is 8.68. The lowest BCUT2D eigenvalue weighted by molar-refractivity contribution is -0.137. The molecule has 4 rings (SSSR count). The summed E-state index contributed by atoms with van der Waals surface area (Å²) in [5.41, 5.74) is 7.52. The van der Waals surface area contributed by atoms with Crippen LogP contribution in [0.3, 0.4) is 0 Å². The van der Waals surface area contributed by atoms with Crippen molar-refractivity contribution in [3.63, 3.8) is 0 Å². The van der Waals surface area contributed by atoms with Crippen LogP contribution in [-0.4, -0.2) is 39.7 Å². The maximum absolute atomic E-state index is 13.0. The summed E-state index contributed by atoms with van der Waals surface area (Å²) < 4.78 is 40.6. The lowest BCUT2D eigenvalue weighted by Crippen LogP contribution is -2.32. The summed E-state index contributed by atoms with van der Waals surface area (Å²) in [4.78, 5) is 14.5. The third kappa shape index (κ3) is 3.55. The fraction of sp³-hybridized carbons (Fsp3) is 0.444. The molecule has 1 aliphatic heterocycles. The quantitative estimate of drug-likeness (QED) is 0.843. The van der Waals surface area contributed by atoms with Crippen LogP contribution in [0.5, 0.6) is 0 Å². The standard InChI is InChI=1S/C18H19F3N4O.ClH/c19-18(20,21)11-3-1-4-13(9-11)25-15-6-2-5-14(15)16(23-25)17(26)24-8-7-12(22)10-24;/h1,3-4,9,12H,2,5-8,10,22H2;1H/t12-;/m0./s1. The highest BCUT2D eigenvalue weighted by Crippen LogP contribution is 2.33. The molecule has 1 saturated heterocycles. The molecule has 1 aromatic heterocycles. The van der Waals surface area contributed by atoms with Crippen molar-refractivity contribution in [2.45, 2.75) is 37.9 Å². The zero-order chi connectivity index (χ0) is 18.5. The number of hydrogen-bond donors (Lipinski definition) is 1. The molecule has 1 atom stereocenters. The van der Waals surface area contributed by atoms with E-state index >= 15 is 0 Å². The lowest BCUT2D eigenvalue weighted by Gasteiger charge is -2.14. The van der Waals surface area contributed by atoms with E-state index < -0.39 is 11.7 Å². The minimum atomic E-state index is -4.42. The SMILES string of the molecule is Cl.N[C@H]1CCN(C(=O)c2nn(-c3cccc(C(F)(F)F)c3)c3c2CCC3)C1. The van der Waals surface area contributed by atoms with Crippen molar-refractivity contribution in [3.8, 4) is 5.69 Å². The predicted molar refractivity (Wildman–Crippen MR) is 96.3 cm³/mol. The van der Waals surface area contributed by atoms with Gasteiger partial charge >= 0.3 is 6.18 Å². The van der Waals surface area contributed by atoms with E-state index in [0.29, 0.717) is 30.9 Å². The van der Waals surface area contributed by atoms with Crippen LogP contribution in [0.4, 0.5) is 13.2 Å². The van der Waals surface area contributed by atoms with Crippen molar-refractivity contribution >= 4 is 18.3 Å². The van der Waals surface area contributed by atoms with Crippen LogP contribution in [0, 0.1) is 0 Å². The first kappa shape index (κ1) is 19.7. The highest BCUT2D eigenvalue weighted by molar-refractivity contribution is 5.94. The molecule has 2 N–H and O–H groups in total. The van der Waals surface area contributed by atoms with E-state index in [1.807, 2.05) is 0 Å². The van der Waals surface area contributed by atoms with Gasteiger partial charge in [-0.1, -0.05) is 6.07 Å². The van der Waals surface area contributed by atoms with Gasteiger partial charge in [0, 0.05) is 30.4 Å². The van der Waals surface area contributed by atoms with Crippen LogP contribution < -0.4 is 5.73 Å². The summed E-state index contributed by atoms with van der Waals surface area (Å²) in [6.45, 7) is 1.08. The van der Waals surface area contributed by atoms with E-state index in [4.69, 9.17) is 5.73 Å². The minimum Gasteiger partial charge on any atom is -0.336 e. The number of aromatic nitrogens is 2. The van der Waals surface area contributed by atoms with Crippen LogP contribution in [0.15, 0.2) is 24.3 Å². The highest BCUT2D eigenvalue weighted by Gasteiger charge is 2.34. The first-order valence-corrected chi connectivity index (χ1v) is 8.68. The molecule has 0 unspecified atom stereocenters. The number of alkyl halides is 3. The third-order valence-electron chi connectivity index (χ3n) is 5.06. The second-order valence-electron chi connectivity index (χ2n) is 6.89. The molecule has 27 heavy (non-hydrogen) atoms. The fourth-order valence-corrected chi connectivity index (χ4v) is 3.76. The van der Waals surface area contributed by atoms with Gasteiger partial charge in [-0.25, -0.2) is 4.68 Å². The normalized spacial score (nSPS) is 19.1. The summed E-state index contributed by atoms with van der Waals surface area (Å²) in [5.74, 6) is -0.179. The zero-order valence-electron chi connectivity index (χ0n) is 14.5. The molecule has 1 amide bonds. The Bertz CT molecular complexity index is 865. The molecule has 1 aliphatic carbocycles. The van der Waals surface area contributed by atoms with E-state index in [1.165, 1.54) is 10.7 Å². The Morgan fingerprint density at radius 3 is 2.70 bits per heavy atom. The summed E-state index contributed by atoms with van der Waals surface area (Å²) in [6.07, 6.45) is -1.38. The molecular formula is C18H20ClF3N4O. The zero-order valence-corrected chi connectivity index (χ0v) is 15.3. The van der Waals surface area contributed by atoms with Crippen molar-refractivity contribution in [1.29, 1.82) is 0 Å². The Kier molecular flexibility index (Phi) is 5.22. The van der Waals surface area contributed by atoms with Crippen molar-refractivity contribution in [2.75, 3.05) is 13.1 Å². The van der Waals surface area contributed by atoms with Gasteiger partial charge in [0.1, 0.15) is 0 Å². The number of rotatable bonds is 2. The smallest absolute Gasteiger partial charge is 0.336 e. The number of carbonyl (C=O) groups is 1. The summed E-state index contributed by atoms with van der Waals surface area (Å²) in [7, 11) is 0. The van der Waals surface area contributed by atoms with Gasteiger partial charge in [-0.05, 0) is 43.9 Å². The monoisotopic (exact) mass is 400 g/mol. The molecule has 5 nitrogen and oxygen atoms in total. The first-order chi connectivity index (χ1) is 12.3. The number of hydrogen-bond acceptors (Lipinski definition) is 3. The summed E-state index contributed by atoms with van der Waals surface area (Å²) in [5, 5.41) is 4.41. The Morgan fingerprint density at radius 2 is 2.04 bits per heavy atom. The molecule has 2 aliphatic rings. The number of nitrogens with zero attached hydrogens (tertiary/aromatic N) is 3. The molecule has 0 radical (unpaired) electrons. The van der Waals surface area contributed by atoms with E-state index in [9.17, 15) is 18.0 Å². The van der Waals surface area contributed by atoms with Gasteiger partial charge in [0.15, 0.2) is 5.69 Å². The van der Waals surface area contributed by atoms with Crippen LogP contribution in [-0.2, 0) is 19.0 Å². The molecule has 0 bridgehead atoms. The molecule has 0 saturated carbocycles. The Balaban J connectivity index is 0.00000210. The number of halogens is 4. The molecule has 0 spiro atoms. The number of nitrogens with two attached hydrogens (primary N) is 1. The average Bonchev–Trinajstić information content (AvgIpc) is 3.29. The number of likely N-dealkylation sites (tertiary alicyclic amines) is 1. The highest BCUT2D eigenvalue weighted by atomic mass is 35.5. The minimum absolute atomic E-state index is 0. The predicted octanol–water partition coefficient (Wildman–Crippen LogP) is 2.97. The van der Waals surface area contributed by atoms with Gasteiger partial charge in [0.2, 0.25) is 0 Å². The van der Waals surface area contributed by atoms with Crippen LogP contribution in [0.2, 0.25) is 0 Å². The lowest BCUT2D eigenvalue weighted by atomic mass is 10.1. The van der Waals surface area contributed by atoms with Crippen LogP contribution in [0.1, 0.15) is 40.2 Å². The topological polar surface area (TPSA) is 64.2 Å². The molecule has 2 heterocycles. The van der Waals surface area contributed by atoms with Crippen molar-refractivity contribution in [2.24, 2.45) is 5.73 Å². The molecular weight excluding hydrogens is 381 g/mol. The molecule has 2 aromatic rings. The molecule has 9 heteroatoms. The van der Waals surface area contributed by atoms with Gasteiger partial charge in [0.05, 0.1) is 11.3 Å². The van der Waals surface area contributed by atoms with Crippen molar-refractivity contribution in [1.82, 2.24) is 14.7 Å². The van der Waals surface area contributed by atoms with E-state index in [1.54, 1.807) is 11.0 Å².